The zero-order valence-corrected chi connectivity index (χ0v) is 13.6. The SMILES string of the molecule is COc1ccc(C(=O)N2CC[NH+](Cc3cccs3)CC2)cc1. The zero-order valence-electron chi connectivity index (χ0n) is 12.7. The van der Waals surface area contributed by atoms with Crippen molar-refractivity contribution in [3.05, 3.63) is 52.2 Å². The molecule has 116 valence electrons. The lowest BCUT2D eigenvalue weighted by Gasteiger charge is -2.32. The van der Waals surface area contributed by atoms with E-state index in [-0.39, 0.29) is 5.91 Å². The molecule has 0 bridgehead atoms. The number of methoxy groups -OCH3 is 1. The molecule has 1 aromatic heterocycles. The topological polar surface area (TPSA) is 34.0 Å². The van der Waals surface area contributed by atoms with Gasteiger partial charge in [0.1, 0.15) is 12.3 Å². The monoisotopic (exact) mass is 317 g/mol. The van der Waals surface area contributed by atoms with E-state index in [0.717, 1.165) is 44.0 Å². The minimum atomic E-state index is 0.123. The minimum Gasteiger partial charge on any atom is -0.497 e. The number of quaternary nitrogens is 1. The molecule has 1 saturated heterocycles. The average molecular weight is 317 g/mol. The van der Waals surface area contributed by atoms with Crippen LogP contribution in [-0.2, 0) is 6.54 Å². The van der Waals surface area contributed by atoms with E-state index in [1.165, 1.54) is 4.88 Å². The van der Waals surface area contributed by atoms with Gasteiger partial charge in [0.2, 0.25) is 0 Å². The number of thiophene rings is 1. The van der Waals surface area contributed by atoms with E-state index in [9.17, 15) is 4.79 Å². The van der Waals surface area contributed by atoms with Gasteiger partial charge in [-0.3, -0.25) is 4.79 Å². The molecule has 1 N–H and O–H groups in total. The summed E-state index contributed by atoms with van der Waals surface area (Å²) < 4.78 is 5.13. The highest BCUT2D eigenvalue weighted by molar-refractivity contribution is 7.09. The van der Waals surface area contributed by atoms with E-state index < -0.39 is 0 Å². The molecule has 2 aromatic rings. The number of piperazine rings is 1. The van der Waals surface area contributed by atoms with Crippen LogP contribution in [0, 0.1) is 0 Å². The molecule has 0 spiro atoms. The number of carbonyl (C=O) groups excluding carboxylic acids is 1. The lowest BCUT2D eigenvalue weighted by molar-refractivity contribution is -0.917. The van der Waals surface area contributed by atoms with Crippen molar-refractivity contribution in [3.8, 4) is 5.75 Å². The molecule has 1 aliphatic rings. The molecule has 0 aliphatic carbocycles. The maximum absolute atomic E-state index is 12.5. The first kappa shape index (κ1) is 15.1. The molecule has 22 heavy (non-hydrogen) atoms. The predicted octanol–water partition coefficient (Wildman–Crippen LogP) is 1.30. The maximum Gasteiger partial charge on any atom is 0.254 e. The number of hydrogen-bond acceptors (Lipinski definition) is 3. The summed E-state index contributed by atoms with van der Waals surface area (Å²) in [7, 11) is 1.63. The van der Waals surface area contributed by atoms with Crippen LogP contribution in [0.3, 0.4) is 0 Å². The summed E-state index contributed by atoms with van der Waals surface area (Å²) in [5.74, 6) is 0.902. The Bertz CT molecular complexity index is 602. The fourth-order valence-corrected chi connectivity index (χ4v) is 3.56. The number of nitrogens with zero attached hydrogens (tertiary/aromatic N) is 1. The van der Waals surface area contributed by atoms with Crippen molar-refractivity contribution < 1.29 is 14.4 Å². The number of rotatable bonds is 4. The molecule has 0 saturated carbocycles. The lowest BCUT2D eigenvalue weighted by Crippen LogP contribution is -3.13. The zero-order chi connectivity index (χ0) is 15.4. The number of amides is 1. The number of ether oxygens (including phenoxy) is 1. The number of nitrogens with one attached hydrogen (secondary N) is 1. The first-order valence-electron chi connectivity index (χ1n) is 7.55. The van der Waals surface area contributed by atoms with Crippen LogP contribution >= 0.6 is 11.3 Å². The molecule has 1 aliphatic heterocycles. The largest absolute Gasteiger partial charge is 0.497 e. The van der Waals surface area contributed by atoms with Crippen LogP contribution in [0.15, 0.2) is 41.8 Å². The van der Waals surface area contributed by atoms with E-state index in [1.54, 1.807) is 12.0 Å². The van der Waals surface area contributed by atoms with Gasteiger partial charge in [-0.1, -0.05) is 6.07 Å². The first-order chi connectivity index (χ1) is 10.8. The summed E-state index contributed by atoms with van der Waals surface area (Å²) in [6.45, 7) is 4.75. The molecule has 0 unspecified atom stereocenters. The van der Waals surface area contributed by atoms with Gasteiger partial charge >= 0.3 is 0 Å². The second-order valence-electron chi connectivity index (χ2n) is 5.53. The summed E-state index contributed by atoms with van der Waals surface area (Å²) >= 11 is 1.81. The maximum atomic E-state index is 12.5. The van der Waals surface area contributed by atoms with Crippen LogP contribution in [0.2, 0.25) is 0 Å². The van der Waals surface area contributed by atoms with Crippen molar-refractivity contribution in [3.63, 3.8) is 0 Å². The molecule has 0 atom stereocenters. The van der Waals surface area contributed by atoms with E-state index in [0.29, 0.717) is 0 Å². The Morgan fingerprint density at radius 2 is 1.95 bits per heavy atom. The molecule has 4 nitrogen and oxygen atoms in total. The third-order valence-corrected chi connectivity index (χ3v) is 4.98. The van der Waals surface area contributed by atoms with Gasteiger partial charge in [-0.25, -0.2) is 0 Å². The van der Waals surface area contributed by atoms with Crippen molar-refractivity contribution in [2.75, 3.05) is 33.3 Å². The van der Waals surface area contributed by atoms with E-state index in [4.69, 9.17) is 4.74 Å². The third kappa shape index (κ3) is 3.48. The quantitative estimate of drug-likeness (QED) is 0.922. The van der Waals surface area contributed by atoms with Gasteiger partial charge in [0.05, 0.1) is 38.2 Å². The molecule has 1 amide bonds. The molecule has 1 aromatic carbocycles. The lowest BCUT2D eigenvalue weighted by atomic mass is 10.1. The number of benzene rings is 1. The first-order valence-corrected chi connectivity index (χ1v) is 8.43. The Balaban J connectivity index is 1.54. The summed E-state index contributed by atoms with van der Waals surface area (Å²) in [6.07, 6.45) is 0. The highest BCUT2D eigenvalue weighted by atomic mass is 32.1. The van der Waals surface area contributed by atoms with Crippen LogP contribution in [0.1, 0.15) is 15.2 Å². The summed E-state index contributed by atoms with van der Waals surface area (Å²) in [6, 6.07) is 11.6. The molecule has 1 fully saturated rings. The van der Waals surface area contributed by atoms with Crippen LogP contribution in [0.5, 0.6) is 5.75 Å². The standard InChI is InChI=1S/C17H20N2O2S/c1-21-15-6-4-14(5-7-15)17(20)19-10-8-18(9-11-19)13-16-3-2-12-22-16/h2-7,12H,8-11,13H2,1H3/p+1. The van der Waals surface area contributed by atoms with Crippen molar-refractivity contribution in [2.24, 2.45) is 0 Å². The average Bonchev–Trinajstić information content (AvgIpc) is 3.08. The molecular formula is C17H21N2O2S+. The Morgan fingerprint density at radius 3 is 2.55 bits per heavy atom. The van der Waals surface area contributed by atoms with Gasteiger partial charge in [-0.2, -0.15) is 0 Å². The van der Waals surface area contributed by atoms with Gasteiger partial charge in [0.25, 0.3) is 5.91 Å². The van der Waals surface area contributed by atoms with Crippen molar-refractivity contribution >= 4 is 17.2 Å². The normalized spacial score (nSPS) is 15.8. The third-order valence-electron chi connectivity index (χ3n) is 4.10. The molecule has 5 heteroatoms. The fraction of sp³-hybridized carbons (Fsp3) is 0.353. The van der Waals surface area contributed by atoms with Gasteiger partial charge in [0, 0.05) is 5.56 Å². The molecule has 3 rings (SSSR count). The van der Waals surface area contributed by atoms with Gasteiger partial charge in [-0.15, -0.1) is 11.3 Å². The van der Waals surface area contributed by atoms with E-state index >= 15 is 0 Å². The second kappa shape index (κ2) is 6.94. The molecular weight excluding hydrogens is 296 g/mol. The highest BCUT2D eigenvalue weighted by Gasteiger charge is 2.24. The van der Waals surface area contributed by atoms with Gasteiger partial charge in [0.15, 0.2) is 0 Å². The fourth-order valence-electron chi connectivity index (χ4n) is 2.78. The summed E-state index contributed by atoms with van der Waals surface area (Å²) in [5, 5.41) is 2.12. The Hall–Kier alpha value is -1.85. The number of hydrogen-bond donors (Lipinski definition) is 1. The highest BCUT2D eigenvalue weighted by Crippen LogP contribution is 2.13. The second-order valence-corrected chi connectivity index (χ2v) is 6.56. The van der Waals surface area contributed by atoms with Gasteiger partial charge < -0.3 is 14.5 Å². The van der Waals surface area contributed by atoms with Crippen molar-refractivity contribution in [1.82, 2.24) is 4.90 Å². The Kier molecular flexibility index (Phi) is 4.75. The smallest absolute Gasteiger partial charge is 0.254 e. The van der Waals surface area contributed by atoms with Crippen LogP contribution < -0.4 is 9.64 Å². The van der Waals surface area contributed by atoms with Crippen LogP contribution in [-0.4, -0.2) is 44.1 Å². The van der Waals surface area contributed by atoms with E-state index in [2.05, 4.69) is 17.5 Å². The molecule has 0 radical (unpaired) electrons. The predicted molar refractivity (Wildman–Crippen MR) is 87.6 cm³/mol. The summed E-state index contributed by atoms with van der Waals surface area (Å²) in [4.78, 5) is 17.4. The van der Waals surface area contributed by atoms with Crippen molar-refractivity contribution in [1.29, 1.82) is 0 Å². The summed E-state index contributed by atoms with van der Waals surface area (Å²) in [5.41, 5.74) is 0.738. The minimum absolute atomic E-state index is 0.123. The Morgan fingerprint density at radius 1 is 1.23 bits per heavy atom. The van der Waals surface area contributed by atoms with Crippen LogP contribution in [0.25, 0.3) is 0 Å². The Labute approximate surface area is 134 Å². The molecule has 2 heterocycles. The van der Waals surface area contributed by atoms with Gasteiger partial charge in [-0.05, 0) is 35.7 Å². The number of carbonyl (C=O) groups is 1. The van der Waals surface area contributed by atoms with E-state index in [1.807, 2.05) is 40.5 Å². The van der Waals surface area contributed by atoms with Crippen molar-refractivity contribution in [2.45, 2.75) is 6.54 Å². The van der Waals surface area contributed by atoms with Crippen LogP contribution in [0.4, 0.5) is 0 Å².